The number of nitrogens with one attached hydrogen (secondary N) is 1. The van der Waals surface area contributed by atoms with Gasteiger partial charge in [0.15, 0.2) is 0 Å². The summed E-state index contributed by atoms with van der Waals surface area (Å²) in [6.45, 7) is 4.49. The Balaban J connectivity index is 1.56. The maximum atomic E-state index is 14.1. The van der Waals surface area contributed by atoms with E-state index in [9.17, 15) is 23.6 Å². The Hall–Kier alpha value is -3.11. The minimum absolute atomic E-state index is 0.0360. The zero-order valence-corrected chi connectivity index (χ0v) is 18.7. The lowest BCUT2D eigenvalue weighted by atomic mass is 9.98. The van der Waals surface area contributed by atoms with Gasteiger partial charge in [0.05, 0.1) is 30.8 Å². The second-order valence-electron chi connectivity index (χ2n) is 8.50. The number of carbonyl (C=O) groups is 4. The van der Waals surface area contributed by atoms with E-state index in [0.29, 0.717) is 31.7 Å². The minimum Gasteiger partial charge on any atom is -0.459 e. The normalized spacial score (nSPS) is 19.6. The molecule has 3 rings (SSSR count). The quantitative estimate of drug-likeness (QED) is 0.325. The maximum Gasteiger partial charge on any atom is 0.308 e. The molecule has 0 aromatic heterocycles. The maximum absolute atomic E-state index is 14.1. The average Bonchev–Trinajstić information content (AvgIpc) is 3.01. The van der Waals surface area contributed by atoms with Crippen LogP contribution in [0.3, 0.4) is 0 Å². The number of piperidine rings is 1. The largest absolute Gasteiger partial charge is 0.459 e. The van der Waals surface area contributed by atoms with Crippen LogP contribution in [0.25, 0.3) is 0 Å². The highest BCUT2D eigenvalue weighted by molar-refractivity contribution is 6.23. The van der Waals surface area contributed by atoms with Crippen LogP contribution in [-0.2, 0) is 19.1 Å². The summed E-state index contributed by atoms with van der Waals surface area (Å²) in [5.74, 6) is -3.18. The number of rotatable bonds is 9. The van der Waals surface area contributed by atoms with Crippen molar-refractivity contribution < 1.29 is 33.0 Å². The van der Waals surface area contributed by atoms with E-state index in [1.54, 1.807) is 19.9 Å². The number of allylic oxidation sites excluding steroid dienone is 1. The molecule has 1 aromatic rings. The molecule has 0 aliphatic carbocycles. The summed E-state index contributed by atoms with van der Waals surface area (Å²) in [5.41, 5.74) is 4.79. The highest BCUT2D eigenvalue weighted by atomic mass is 19.1. The molecule has 1 unspecified atom stereocenters. The van der Waals surface area contributed by atoms with E-state index in [-0.39, 0.29) is 30.6 Å². The van der Waals surface area contributed by atoms with Gasteiger partial charge in [-0.1, -0.05) is 12.1 Å². The van der Waals surface area contributed by atoms with Crippen molar-refractivity contribution in [3.63, 3.8) is 0 Å². The zero-order valence-electron chi connectivity index (χ0n) is 18.7. The highest BCUT2D eigenvalue weighted by Crippen LogP contribution is 2.30. The van der Waals surface area contributed by atoms with Crippen molar-refractivity contribution in [2.75, 3.05) is 19.8 Å². The summed E-state index contributed by atoms with van der Waals surface area (Å²) in [7, 11) is 0. The van der Waals surface area contributed by atoms with Gasteiger partial charge in [0, 0.05) is 18.7 Å². The molecule has 1 aromatic carbocycles. The van der Waals surface area contributed by atoms with Crippen LogP contribution in [0.2, 0.25) is 0 Å². The summed E-state index contributed by atoms with van der Waals surface area (Å²) in [6, 6.07) is 2.82. The first-order valence-electron chi connectivity index (χ1n) is 10.8. The molecule has 9 nitrogen and oxygen atoms in total. The topological polar surface area (TPSA) is 128 Å². The summed E-state index contributed by atoms with van der Waals surface area (Å²) in [6.07, 6.45) is 2.82. The number of ether oxygens (including phenoxy) is 2. The van der Waals surface area contributed by atoms with Crippen molar-refractivity contribution >= 4 is 23.7 Å². The van der Waals surface area contributed by atoms with Gasteiger partial charge in [0.25, 0.3) is 11.8 Å². The number of amides is 3. The molecule has 0 spiro atoms. The van der Waals surface area contributed by atoms with E-state index in [4.69, 9.17) is 15.2 Å². The highest BCUT2D eigenvalue weighted by Gasteiger charge is 2.45. The lowest BCUT2D eigenvalue weighted by Crippen LogP contribution is -2.52. The van der Waals surface area contributed by atoms with Crippen LogP contribution in [0, 0.1) is 5.82 Å². The minimum atomic E-state index is -1.02. The Bertz CT molecular complexity index is 990. The van der Waals surface area contributed by atoms with Gasteiger partial charge in [-0.25, -0.2) is 4.39 Å². The predicted molar refractivity (Wildman–Crippen MR) is 115 cm³/mol. The van der Waals surface area contributed by atoms with Gasteiger partial charge in [0.1, 0.15) is 17.5 Å². The van der Waals surface area contributed by atoms with Crippen LogP contribution in [0.1, 0.15) is 60.2 Å². The van der Waals surface area contributed by atoms with Crippen molar-refractivity contribution in [2.24, 2.45) is 5.73 Å². The molecule has 2 heterocycles. The summed E-state index contributed by atoms with van der Waals surface area (Å²) in [4.78, 5) is 50.8. The first-order valence-corrected chi connectivity index (χ1v) is 10.8. The Kier molecular flexibility index (Phi) is 7.60. The lowest BCUT2D eigenvalue weighted by Gasteiger charge is -2.30. The number of imide groups is 1. The average molecular weight is 461 g/mol. The first-order chi connectivity index (χ1) is 15.6. The van der Waals surface area contributed by atoms with Gasteiger partial charge in [0.2, 0.25) is 5.91 Å². The third kappa shape index (κ3) is 5.63. The molecule has 178 valence electrons. The SMILES string of the molecule is CC(C)(CC=C1CCC(N2C(=O)c3cccc(F)c3C2=O)C(=O)N1)OC(=O)CCOCCN. The van der Waals surface area contributed by atoms with E-state index >= 15 is 0 Å². The van der Waals surface area contributed by atoms with Crippen molar-refractivity contribution in [1.29, 1.82) is 0 Å². The molecule has 3 amide bonds. The number of hydrogen-bond acceptors (Lipinski definition) is 7. The predicted octanol–water partition coefficient (Wildman–Crippen LogP) is 1.66. The molecule has 1 atom stereocenters. The molecular formula is C23H28FN3O6. The molecule has 2 aliphatic rings. The van der Waals surface area contributed by atoms with Crippen LogP contribution in [0.5, 0.6) is 0 Å². The Morgan fingerprint density at radius 1 is 1.27 bits per heavy atom. The van der Waals surface area contributed by atoms with E-state index in [1.165, 1.54) is 12.1 Å². The van der Waals surface area contributed by atoms with Crippen molar-refractivity contribution in [1.82, 2.24) is 10.2 Å². The molecular weight excluding hydrogens is 433 g/mol. The van der Waals surface area contributed by atoms with Gasteiger partial charge in [-0.05, 0) is 38.8 Å². The Morgan fingerprint density at radius 2 is 2.03 bits per heavy atom. The van der Waals surface area contributed by atoms with Gasteiger partial charge in [-0.2, -0.15) is 0 Å². The summed E-state index contributed by atoms with van der Waals surface area (Å²) in [5, 5.41) is 2.71. The van der Waals surface area contributed by atoms with Crippen LogP contribution in [0.15, 0.2) is 30.0 Å². The van der Waals surface area contributed by atoms with Gasteiger partial charge in [-0.15, -0.1) is 0 Å². The van der Waals surface area contributed by atoms with Gasteiger partial charge < -0.3 is 20.5 Å². The zero-order chi connectivity index (χ0) is 24.2. The summed E-state index contributed by atoms with van der Waals surface area (Å²) < 4.78 is 24.7. The fourth-order valence-electron chi connectivity index (χ4n) is 3.78. The van der Waals surface area contributed by atoms with E-state index in [0.717, 1.165) is 11.0 Å². The van der Waals surface area contributed by atoms with Crippen LogP contribution in [0.4, 0.5) is 4.39 Å². The molecule has 33 heavy (non-hydrogen) atoms. The molecule has 1 saturated heterocycles. The molecule has 2 aliphatic heterocycles. The lowest BCUT2D eigenvalue weighted by molar-refractivity contribution is -0.157. The number of carbonyl (C=O) groups excluding carboxylic acids is 4. The molecule has 3 N–H and O–H groups in total. The Labute approximate surface area is 191 Å². The second-order valence-corrected chi connectivity index (χ2v) is 8.50. The number of halogens is 1. The summed E-state index contributed by atoms with van der Waals surface area (Å²) >= 11 is 0. The van der Waals surface area contributed by atoms with Crippen molar-refractivity contribution in [2.45, 2.75) is 51.2 Å². The smallest absolute Gasteiger partial charge is 0.308 e. The number of esters is 1. The van der Waals surface area contributed by atoms with Crippen LogP contribution < -0.4 is 11.1 Å². The fraction of sp³-hybridized carbons (Fsp3) is 0.478. The first kappa shape index (κ1) is 24.5. The molecule has 10 heteroatoms. The number of benzene rings is 1. The van der Waals surface area contributed by atoms with Gasteiger partial charge in [-0.3, -0.25) is 24.1 Å². The number of fused-ring (bicyclic) bond motifs is 1. The molecule has 0 saturated carbocycles. The standard InChI is InChI=1S/C23H28FN3O6/c1-23(2,33-18(28)9-12-32-13-11-25)10-8-14-6-7-17(20(29)26-14)27-21(30)15-4-3-5-16(24)19(15)22(27)31/h3-5,8,17H,6-7,9-13,25H2,1-2H3,(H,26,29). The van der Waals surface area contributed by atoms with Crippen LogP contribution >= 0.6 is 0 Å². The number of hydrogen-bond donors (Lipinski definition) is 2. The molecule has 0 bridgehead atoms. The van der Waals surface area contributed by atoms with E-state index in [2.05, 4.69) is 5.32 Å². The van der Waals surface area contributed by atoms with Crippen molar-refractivity contribution in [3.8, 4) is 0 Å². The van der Waals surface area contributed by atoms with E-state index < -0.39 is 41.2 Å². The van der Waals surface area contributed by atoms with E-state index in [1.807, 2.05) is 0 Å². The second kappa shape index (κ2) is 10.2. The number of nitrogens with two attached hydrogens (primary N) is 1. The van der Waals surface area contributed by atoms with Crippen molar-refractivity contribution in [3.05, 3.63) is 46.9 Å². The monoisotopic (exact) mass is 461 g/mol. The fourth-order valence-corrected chi connectivity index (χ4v) is 3.78. The van der Waals surface area contributed by atoms with Crippen LogP contribution in [-0.4, -0.2) is 60.0 Å². The molecule has 0 radical (unpaired) electrons. The van der Waals surface area contributed by atoms with Gasteiger partial charge >= 0.3 is 5.97 Å². The molecule has 1 fully saturated rings. The Morgan fingerprint density at radius 3 is 2.70 bits per heavy atom. The third-order valence-electron chi connectivity index (χ3n) is 5.42. The number of nitrogens with zero attached hydrogens (tertiary/aromatic N) is 1. The third-order valence-corrected chi connectivity index (χ3v) is 5.42.